The smallest absolute Gasteiger partial charge is 0.193 e. The number of methoxy groups -OCH3 is 1. The van der Waals surface area contributed by atoms with Crippen LogP contribution in [0, 0.1) is 0 Å². The second-order valence-corrected chi connectivity index (χ2v) is 7.05. The number of morpholine rings is 1. The van der Waals surface area contributed by atoms with Crippen molar-refractivity contribution in [2.75, 3.05) is 47.0 Å². The van der Waals surface area contributed by atoms with Gasteiger partial charge in [-0.25, -0.2) is 0 Å². The van der Waals surface area contributed by atoms with Gasteiger partial charge in [0.2, 0.25) is 0 Å². The molecule has 1 aromatic rings. The molecule has 0 amide bonds. The van der Waals surface area contributed by atoms with Crippen LogP contribution in [0.1, 0.15) is 24.5 Å². The highest BCUT2D eigenvalue weighted by atomic mass is 35.5. The van der Waals surface area contributed by atoms with E-state index >= 15 is 0 Å². The zero-order valence-electron chi connectivity index (χ0n) is 15.5. The molecule has 6 nitrogen and oxygen atoms in total. The van der Waals surface area contributed by atoms with Crippen molar-refractivity contribution in [2.45, 2.75) is 31.2 Å². The summed E-state index contributed by atoms with van der Waals surface area (Å²) >= 11 is 6.10. The molecule has 0 radical (unpaired) electrons. The maximum absolute atomic E-state index is 6.10. The zero-order valence-corrected chi connectivity index (χ0v) is 16.2. The number of hydrogen-bond donors (Lipinski definition) is 1. The molecule has 26 heavy (non-hydrogen) atoms. The van der Waals surface area contributed by atoms with Crippen LogP contribution in [0.25, 0.3) is 0 Å². The molecule has 2 aliphatic heterocycles. The van der Waals surface area contributed by atoms with Crippen LogP contribution in [0.2, 0.25) is 5.02 Å². The average Bonchev–Trinajstić information content (AvgIpc) is 3.20. The van der Waals surface area contributed by atoms with Crippen LogP contribution < -0.4 is 5.32 Å². The van der Waals surface area contributed by atoms with Crippen molar-refractivity contribution in [1.29, 1.82) is 0 Å². The Hall–Kier alpha value is -1.34. The van der Waals surface area contributed by atoms with E-state index in [4.69, 9.17) is 25.8 Å². The Kier molecular flexibility index (Phi) is 7.14. The van der Waals surface area contributed by atoms with Gasteiger partial charge in [0.1, 0.15) is 6.10 Å². The molecule has 3 rings (SSSR count). The van der Waals surface area contributed by atoms with Gasteiger partial charge in [-0.3, -0.25) is 4.99 Å². The summed E-state index contributed by atoms with van der Waals surface area (Å²) < 4.78 is 17.4. The van der Waals surface area contributed by atoms with Crippen LogP contribution in [-0.2, 0) is 14.2 Å². The highest BCUT2D eigenvalue weighted by Gasteiger charge is 2.32. The number of nitrogens with one attached hydrogen (secondary N) is 1. The first kappa shape index (κ1) is 19.4. The molecule has 7 heteroatoms. The predicted molar refractivity (Wildman–Crippen MR) is 103 cm³/mol. The van der Waals surface area contributed by atoms with Gasteiger partial charge in [0, 0.05) is 45.4 Å². The van der Waals surface area contributed by atoms with Gasteiger partial charge in [0.25, 0.3) is 0 Å². The number of benzene rings is 1. The first-order valence-corrected chi connectivity index (χ1v) is 9.56. The Labute approximate surface area is 160 Å². The lowest BCUT2D eigenvalue weighted by Crippen LogP contribution is -2.53. The van der Waals surface area contributed by atoms with E-state index < -0.39 is 0 Å². The Morgan fingerprint density at radius 2 is 2.23 bits per heavy atom. The summed E-state index contributed by atoms with van der Waals surface area (Å²) in [5.41, 5.74) is 1.04. The maximum Gasteiger partial charge on any atom is 0.193 e. The standard InChI is InChI=1S/C19H28ClN3O3/c1-21-19(22-12-17(24-2)14-5-3-6-15(20)11-14)23-8-10-26-18(13-23)16-7-4-9-25-16/h3,5-6,11,16-18H,4,7-10,12-13H2,1-2H3,(H,21,22). The summed E-state index contributed by atoms with van der Waals surface area (Å²) in [4.78, 5) is 6.68. The molecule has 144 valence electrons. The fourth-order valence-corrected chi connectivity index (χ4v) is 3.75. The van der Waals surface area contributed by atoms with Crippen molar-refractivity contribution in [3.63, 3.8) is 0 Å². The quantitative estimate of drug-likeness (QED) is 0.627. The summed E-state index contributed by atoms with van der Waals surface area (Å²) in [5, 5.41) is 4.14. The Bertz CT molecular complexity index is 607. The molecule has 1 aromatic carbocycles. The molecule has 3 atom stereocenters. The minimum atomic E-state index is -0.0968. The van der Waals surface area contributed by atoms with E-state index in [1.807, 2.05) is 24.3 Å². The van der Waals surface area contributed by atoms with Gasteiger partial charge in [-0.05, 0) is 30.5 Å². The number of halogens is 1. The number of ether oxygens (including phenoxy) is 3. The Morgan fingerprint density at radius 1 is 1.38 bits per heavy atom. The predicted octanol–water partition coefficient (Wildman–Crippen LogP) is 2.48. The van der Waals surface area contributed by atoms with Crippen LogP contribution in [0.5, 0.6) is 0 Å². The third kappa shape index (κ3) is 4.88. The van der Waals surface area contributed by atoms with Crippen LogP contribution in [-0.4, -0.2) is 70.1 Å². The first-order chi connectivity index (χ1) is 12.7. The van der Waals surface area contributed by atoms with Gasteiger partial charge < -0.3 is 24.4 Å². The first-order valence-electron chi connectivity index (χ1n) is 9.18. The second-order valence-electron chi connectivity index (χ2n) is 6.61. The largest absolute Gasteiger partial charge is 0.375 e. The summed E-state index contributed by atoms with van der Waals surface area (Å²) in [5.74, 6) is 0.861. The van der Waals surface area contributed by atoms with E-state index in [0.29, 0.717) is 18.2 Å². The molecular weight excluding hydrogens is 354 g/mol. The average molecular weight is 382 g/mol. The van der Waals surface area contributed by atoms with Crippen molar-refractivity contribution in [3.05, 3.63) is 34.9 Å². The van der Waals surface area contributed by atoms with Crippen molar-refractivity contribution in [3.8, 4) is 0 Å². The van der Waals surface area contributed by atoms with Crippen molar-refractivity contribution in [2.24, 2.45) is 4.99 Å². The Balaban J connectivity index is 1.58. The molecule has 0 saturated carbocycles. The van der Waals surface area contributed by atoms with Gasteiger partial charge in [0.05, 0.1) is 18.8 Å². The molecule has 0 aliphatic carbocycles. The molecule has 2 saturated heterocycles. The molecule has 0 spiro atoms. The lowest BCUT2D eigenvalue weighted by molar-refractivity contribution is -0.0817. The van der Waals surface area contributed by atoms with E-state index in [1.54, 1.807) is 14.2 Å². The molecule has 2 heterocycles. The Morgan fingerprint density at radius 3 is 2.92 bits per heavy atom. The van der Waals surface area contributed by atoms with Gasteiger partial charge in [-0.2, -0.15) is 0 Å². The van der Waals surface area contributed by atoms with Gasteiger partial charge in [-0.1, -0.05) is 23.7 Å². The van der Waals surface area contributed by atoms with E-state index in [-0.39, 0.29) is 18.3 Å². The van der Waals surface area contributed by atoms with Crippen LogP contribution in [0.4, 0.5) is 0 Å². The molecule has 2 fully saturated rings. The number of guanidine groups is 1. The van der Waals surface area contributed by atoms with Crippen LogP contribution in [0.15, 0.2) is 29.3 Å². The van der Waals surface area contributed by atoms with Gasteiger partial charge >= 0.3 is 0 Å². The lowest BCUT2D eigenvalue weighted by Gasteiger charge is -2.37. The number of hydrogen-bond acceptors (Lipinski definition) is 4. The zero-order chi connectivity index (χ0) is 18.4. The minimum Gasteiger partial charge on any atom is -0.375 e. The summed E-state index contributed by atoms with van der Waals surface area (Å²) in [7, 11) is 3.51. The van der Waals surface area contributed by atoms with E-state index in [0.717, 1.165) is 44.1 Å². The maximum atomic E-state index is 6.10. The molecule has 0 bridgehead atoms. The number of rotatable bonds is 5. The topological polar surface area (TPSA) is 55.3 Å². The van der Waals surface area contributed by atoms with E-state index in [2.05, 4.69) is 15.2 Å². The normalized spacial score (nSPS) is 25.3. The third-order valence-corrected chi connectivity index (χ3v) is 5.17. The molecule has 1 N–H and O–H groups in total. The minimum absolute atomic E-state index is 0.0968. The van der Waals surface area contributed by atoms with Crippen molar-refractivity contribution >= 4 is 17.6 Å². The third-order valence-electron chi connectivity index (χ3n) is 4.93. The molecule has 3 unspecified atom stereocenters. The number of aliphatic imine (C=N–C) groups is 1. The summed E-state index contributed by atoms with van der Waals surface area (Å²) in [6.07, 6.45) is 2.41. The van der Waals surface area contributed by atoms with Crippen LogP contribution >= 0.6 is 11.6 Å². The van der Waals surface area contributed by atoms with Gasteiger partial charge in [-0.15, -0.1) is 0 Å². The fraction of sp³-hybridized carbons (Fsp3) is 0.632. The SMILES string of the molecule is CN=C(NCC(OC)c1cccc(Cl)c1)N1CCOC(C2CCCO2)C1. The van der Waals surface area contributed by atoms with E-state index in [1.165, 1.54) is 0 Å². The molecular formula is C19H28ClN3O3. The second kappa shape index (κ2) is 9.55. The molecule has 0 aromatic heterocycles. The highest BCUT2D eigenvalue weighted by molar-refractivity contribution is 6.30. The highest BCUT2D eigenvalue weighted by Crippen LogP contribution is 2.22. The van der Waals surface area contributed by atoms with Crippen molar-refractivity contribution in [1.82, 2.24) is 10.2 Å². The number of nitrogens with zero attached hydrogens (tertiary/aromatic N) is 2. The monoisotopic (exact) mass is 381 g/mol. The van der Waals surface area contributed by atoms with Crippen molar-refractivity contribution < 1.29 is 14.2 Å². The van der Waals surface area contributed by atoms with E-state index in [9.17, 15) is 0 Å². The fourth-order valence-electron chi connectivity index (χ4n) is 3.55. The summed E-state index contributed by atoms with van der Waals surface area (Å²) in [6, 6.07) is 7.75. The van der Waals surface area contributed by atoms with Gasteiger partial charge in [0.15, 0.2) is 5.96 Å². The van der Waals surface area contributed by atoms with Crippen LogP contribution in [0.3, 0.4) is 0 Å². The molecule has 2 aliphatic rings. The lowest BCUT2D eigenvalue weighted by atomic mass is 10.1. The summed E-state index contributed by atoms with van der Waals surface area (Å²) in [6.45, 7) is 3.75.